The largest absolute Gasteiger partial charge is 0.322 e. The van der Waals surface area contributed by atoms with Gasteiger partial charge in [-0.2, -0.15) is 0 Å². The number of carbonyl (C=O) groups is 1. The first-order chi connectivity index (χ1) is 8.18. The zero-order valence-corrected chi connectivity index (χ0v) is 9.92. The second-order valence-corrected chi connectivity index (χ2v) is 4.43. The molecule has 4 heteroatoms. The summed E-state index contributed by atoms with van der Waals surface area (Å²) in [5.41, 5.74) is 0.807. The first-order valence-electron chi connectivity index (χ1n) is 5.98. The van der Waals surface area contributed by atoms with Crippen molar-refractivity contribution < 1.29 is 9.18 Å². The van der Waals surface area contributed by atoms with Gasteiger partial charge in [0.2, 0.25) is 5.91 Å². The van der Waals surface area contributed by atoms with Crippen LogP contribution in [0.1, 0.15) is 24.8 Å². The molecule has 1 aromatic carbocycles. The monoisotopic (exact) mass is 236 g/mol. The molecule has 0 aliphatic carbocycles. The Balaban J connectivity index is 2.04. The summed E-state index contributed by atoms with van der Waals surface area (Å²) in [6.45, 7) is 2.54. The topological polar surface area (TPSA) is 41.1 Å². The van der Waals surface area contributed by atoms with E-state index in [-0.39, 0.29) is 23.5 Å². The Labute approximate surface area is 100 Å². The van der Waals surface area contributed by atoms with Crippen LogP contribution in [0.3, 0.4) is 0 Å². The van der Waals surface area contributed by atoms with Gasteiger partial charge >= 0.3 is 0 Å². The molecule has 92 valence electrons. The van der Waals surface area contributed by atoms with Crippen LogP contribution in [0.5, 0.6) is 0 Å². The highest BCUT2D eigenvalue weighted by atomic mass is 19.1. The van der Waals surface area contributed by atoms with E-state index in [1.54, 1.807) is 25.1 Å². The SMILES string of the molecule is Cc1cccc(NC(=O)[C@H]2CCCCN2)c1F. The van der Waals surface area contributed by atoms with Crippen molar-refractivity contribution in [2.75, 3.05) is 11.9 Å². The summed E-state index contributed by atoms with van der Waals surface area (Å²) in [5.74, 6) is -0.495. The number of benzene rings is 1. The van der Waals surface area contributed by atoms with Gasteiger partial charge in [0.1, 0.15) is 5.82 Å². The smallest absolute Gasteiger partial charge is 0.241 e. The molecule has 0 spiro atoms. The molecule has 1 aliphatic heterocycles. The van der Waals surface area contributed by atoms with Crippen molar-refractivity contribution in [1.29, 1.82) is 0 Å². The molecule has 1 amide bonds. The Kier molecular flexibility index (Phi) is 3.74. The molecule has 1 aromatic rings. The van der Waals surface area contributed by atoms with E-state index >= 15 is 0 Å². The van der Waals surface area contributed by atoms with E-state index in [1.165, 1.54) is 0 Å². The third-order valence-electron chi connectivity index (χ3n) is 3.08. The molecule has 0 unspecified atom stereocenters. The standard InChI is InChI=1S/C13H17FN2O/c1-9-5-4-7-10(12(9)14)16-13(17)11-6-2-3-8-15-11/h4-5,7,11,15H,2-3,6,8H2,1H3,(H,16,17)/t11-/m1/s1. The van der Waals surface area contributed by atoms with Crippen LogP contribution in [0, 0.1) is 12.7 Å². The molecular weight excluding hydrogens is 219 g/mol. The lowest BCUT2D eigenvalue weighted by Crippen LogP contribution is -2.43. The predicted octanol–water partition coefficient (Wildman–Crippen LogP) is 2.21. The van der Waals surface area contributed by atoms with Gasteiger partial charge in [-0.15, -0.1) is 0 Å². The van der Waals surface area contributed by atoms with Crippen LogP contribution in [0.2, 0.25) is 0 Å². The average Bonchev–Trinajstić information content (AvgIpc) is 2.36. The highest BCUT2D eigenvalue weighted by Crippen LogP contribution is 2.18. The van der Waals surface area contributed by atoms with Gasteiger partial charge in [0, 0.05) is 0 Å². The van der Waals surface area contributed by atoms with E-state index in [0.717, 1.165) is 25.8 Å². The molecule has 1 atom stereocenters. The van der Waals surface area contributed by atoms with Gasteiger partial charge in [-0.1, -0.05) is 18.6 Å². The maximum absolute atomic E-state index is 13.7. The molecule has 2 rings (SSSR count). The zero-order chi connectivity index (χ0) is 12.3. The molecule has 1 heterocycles. The number of rotatable bonds is 2. The van der Waals surface area contributed by atoms with Crippen molar-refractivity contribution >= 4 is 11.6 Å². The molecule has 3 nitrogen and oxygen atoms in total. The van der Waals surface area contributed by atoms with Crippen LogP contribution >= 0.6 is 0 Å². The predicted molar refractivity (Wildman–Crippen MR) is 65.4 cm³/mol. The minimum atomic E-state index is -0.350. The van der Waals surface area contributed by atoms with Crippen LogP contribution in [-0.4, -0.2) is 18.5 Å². The average molecular weight is 236 g/mol. The Bertz CT molecular complexity index is 414. The fourth-order valence-electron chi connectivity index (χ4n) is 2.04. The van der Waals surface area contributed by atoms with Crippen LogP contribution in [0.25, 0.3) is 0 Å². The van der Waals surface area contributed by atoms with Crippen molar-refractivity contribution in [2.24, 2.45) is 0 Å². The number of anilines is 1. The van der Waals surface area contributed by atoms with E-state index in [0.29, 0.717) is 5.56 Å². The van der Waals surface area contributed by atoms with Crippen LogP contribution < -0.4 is 10.6 Å². The number of hydrogen-bond acceptors (Lipinski definition) is 2. The molecular formula is C13H17FN2O. The van der Waals surface area contributed by atoms with Crippen molar-refractivity contribution in [3.63, 3.8) is 0 Å². The number of halogens is 1. The molecule has 1 aliphatic rings. The lowest BCUT2D eigenvalue weighted by atomic mass is 10.0. The van der Waals surface area contributed by atoms with Crippen molar-refractivity contribution in [2.45, 2.75) is 32.2 Å². The Morgan fingerprint density at radius 1 is 1.47 bits per heavy atom. The molecule has 0 aromatic heterocycles. The number of aryl methyl sites for hydroxylation is 1. The van der Waals surface area contributed by atoms with Crippen LogP contribution in [0.15, 0.2) is 18.2 Å². The van der Waals surface area contributed by atoms with E-state index in [2.05, 4.69) is 10.6 Å². The minimum absolute atomic E-state index is 0.144. The Morgan fingerprint density at radius 3 is 3.00 bits per heavy atom. The van der Waals surface area contributed by atoms with Crippen molar-refractivity contribution in [3.8, 4) is 0 Å². The van der Waals surface area contributed by atoms with E-state index in [9.17, 15) is 9.18 Å². The molecule has 0 saturated carbocycles. The van der Waals surface area contributed by atoms with Gasteiger partial charge in [-0.25, -0.2) is 4.39 Å². The zero-order valence-electron chi connectivity index (χ0n) is 9.92. The fourth-order valence-corrected chi connectivity index (χ4v) is 2.04. The van der Waals surface area contributed by atoms with Crippen LogP contribution in [0.4, 0.5) is 10.1 Å². The summed E-state index contributed by atoms with van der Waals surface area (Å²) in [6.07, 6.45) is 2.96. The third kappa shape index (κ3) is 2.82. The van der Waals surface area contributed by atoms with Gasteiger partial charge in [-0.05, 0) is 37.9 Å². The number of amides is 1. The molecule has 0 bridgehead atoms. The normalized spacial score (nSPS) is 20.0. The minimum Gasteiger partial charge on any atom is -0.322 e. The van der Waals surface area contributed by atoms with Crippen molar-refractivity contribution in [1.82, 2.24) is 5.32 Å². The third-order valence-corrected chi connectivity index (χ3v) is 3.08. The van der Waals surface area contributed by atoms with E-state index < -0.39 is 0 Å². The van der Waals surface area contributed by atoms with Gasteiger partial charge in [-0.3, -0.25) is 4.79 Å². The number of nitrogens with one attached hydrogen (secondary N) is 2. The quantitative estimate of drug-likeness (QED) is 0.826. The molecule has 1 saturated heterocycles. The van der Waals surface area contributed by atoms with Gasteiger partial charge in [0.15, 0.2) is 0 Å². The first-order valence-corrected chi connectivity index (χ1v) is 5.98. The Hall–Kier alpha value is -1.42. The van der Waals surface area contributed by atoms with E-state index in [1.807, 2.05) is 0 Å². The summed E-state index contributed by atoms with van der Waals surface area (Å²) < 4.78 is 13.7. The molecule has 2 N–H and O–H groups in total. The maximum atomic E-state index is 13.7. The van der Waals surface area contributed by atoms with Crippen molar-refractivity contribution in [3.05, 3.63) is 29.6 Å². The first kappa shape index (κ1) is 12.0. The summed E-state index contributed by atoms with van der Waals surface area (Å²) in [6, 6.07) is 4.82. The summed E-state index contributed by atoms with van der Waals surface area (Å²) in [5, 5.41) is 5.78. The highest BCUT2D eigenvalue weighted by Gasteiger charge is 2.21. The lowest BCUT2D eigenvalue weighted by molar-refractivity contribution is -0.118. The van der Waals surface area contributed by atoms with Gasteiger partial charge < -0.3 is 10.6 Å². The Morgan fingerprint density at radius 2 is 2.29 bits per heavy atom. The number of carbonyl (C=O) groups excluding carboxylic acids is 1. The van der Waals surface area contributed by atoms with Gasteiger partial charge in [0.05, 0.1) is 11.7 Å². The highest BCUT2D eigenvalue weighted by molar-refractivity contribution is 5.95. The van der Waals surface area contributed by atoms with Gasteiger partial charge in [0.25, 0.3) is 0 Å². The second kappa shape index (κ2) is 5.27. The number of piperidine rings is 1. The van der Waals surface area contributed by atoms with Crippen LogP contribution in [-0.2, 0) is 4.79 Å². The summed E-state index contributed by atoms with van der Waals surface area (Å²) >= 11 is 0. The van der Waals surface area contributed by atoms with E-state index in [4.69, 9.17) is 0 Å². The fraction of sp³-hybridized carbons (Fsp3) is 0.462. The molecule has 0 radical (unpaired) electrons. The second-order valence-electron chi connectivity index (χ2n) is 4.43. The maximum Gasteiger partial charge on any atom is 0.241 e. The molecule has 17 heavy (non-hydrogen) atoms. The summed E-state index contributed by atoms with van der Waals surface area (Å²) in [4.78, 5) is 11.9. The number of hydrogen-bond donors (Lipinski definition) is 2. The lowest BCUT2D eigenvalue weighted by Gasteiger charge is -2.22. The summed E-state index contributed by atoms with van der Waals surface area (Å²) in [7, 11) is 0. The molecule has 1 fully saturated rings.